The third-order valence-corrected chi connectivity index (χ3v) is 5.04. The van der Waals surface area contributed by atoms with Gasteiger partial charge < -0.3 is 14.5 Å². The molecule has 1 aliphatic heterocycles. The Morgan fingerprint density at radius 3 is 2.11 bits per heavy atom. The van der Waals surface area contributed by atoms with Crippen LogP contribution in [0.3, 0.4) is 0 Å². The number of rotatable bonds is 3. The summed E-state index contributed by atoms with van der Waals surface area (Å²) in [7, 11) is 1.60. The van der Waals surface area contributed by atoms with Crippen molar-refractivity contribution in [2.24, 2.45) is 0 Å². The van der Waals surface area contributed by atoms with Gasteiger partial charge in [0, 0.05) is 48.9 Å². The monoisotopic (exact) mass is 375 g/mol. The summed E-state index contributed by atoms with van der Waals surface area (Å²) in [4.78, 5) is 33.4. The molecule has 2 heterocycles. The van der Waals surface area contributed by atoms with E-state index < -0.39 is 0 Å². The molecule has 28 heavy (non-hydrogen) atoms. The summed E-state index contributed by atoms with van der Waals surface area (Å²) in [6, 6.07) is 16.5. The van der Waals surface area contributed by atoms with Gasteiger partial charge in [-0.2, -0.15) is 0 Å². The first-order chi connectivity index (χ1) is 13.7. The van der Waals surface area contributed by atoms with Gasteiger partial charge in [0.05, 0.1) is 12.6 Å². The van der Waals surface area contributed by atoms with E-state index in [4.69, 9.17) is 4.74 Å². The standard InChI is InChI=1S/C22H21N3O3/c1-28-19-7-4-16(5-8-19)21(26)24-11-13-25(14-12-24)22(27)18-6-9-20-17(15-18)3-2-10-23-20/h2-10,15H,11-14H2,1H3. The fourth-order valence-electron chi connectivity index (χ4n) is 3.42. The number of fused-ring (bicyclic) bond motifs is 1. The van der Waals surface area contributed by atoms with Crippen LogP contribution in [0.5, 0.6) is 5.75 Å². The molecule has 6 heteroatoms. The van der Waals surface area contributed by atoms with E-state index in [1.165, 1.54) is 0 Å². The highest BCUT2D eigenvalue weighted by Gasteiger charge is 2.25. The Hall–Kier alpha value is -3.41. The van der Waals surface area contributed by atoms with Crippen molar-refractivity contribution in [3.8, 4) is 5.75 Å². The number of nitrogens with zero attached hydrogens (tertiary/aromatic N) is 3. The summed E-state index contributed by atoms with van der Waals surface area (Å²) >= 11 is 0. The maximum absolute atomic E-state index is 12.8. The fraction of sp³-hybridized carbons (Fsp3) is 0.227. The second kappa shape index (κ2) is 7.68. The van der Waals surface area contributed by atoms with E-state index in [9.17, 15) is 9.59 Å². The van der Waals surface area contributed by atoms with Gasteiger partial charge in [-0.25, -0.2) is 0 Å². The number of ether oxygens (including phenoxy) is 1. The van der Waals surface area contributed by atoms with Gasteiger partial charge in [0.15, 0.2) is 0 Å². The summed E-state index contributed by atoms with van der Waals surface area (Å²) in [5, 5.41) is 0.946. The molecular formula is C22H21N3O3. The van der Waals surface area contributed by atoms with Crippen molar-refractivity contribution in [3.05, 3.63) is 71.9 Å². The van der Waals surface area contributed by atoms with Crippen molar-refractivity contribution in [1.29, 1.82) is 0 Å². The van der Waals surface area contributed by atoms with Gasteiger partial charge in [-0.1, -0.05) is 6.07 Å². The molecule has 142 valence electrons. The van der Waals surface area contributed by atoms with Gasteiger partial charge in [-0.15, -0.1) is 0 Å². The number of benzene rings is 2. The Labute approximate surface area is 163 Å². The van der Waals surface area contributed by atoms with Gasteiger partial charge in [0.2, 0.25) is 0 Å². The summed E-state index contributed by atoms with van der Waals surface area (Å²) < 4.78 is 5.13. The highest BCUT2D eigenvalue weighted by atomic mass is 16.5. The fourth-order valence-corrected chi connectivity index (χ4v) is 3.42. The Morgan fingerprint density at radius 2 is 1.46 bits per heavy atom. The average molecular weight is 375 g/mol. The summed E-state index contributed by atoms with van der Waals surface area (Å²) in [6.07, 6.45) is 1.74. The van der Waals surface area contributed by atoms with E-state index in [0.29, 0.717) is 37.3 Å². The molecule has 2 amide bonds. The average Bonchev–Trinajstić information content (AvgIpc) is 2.78. The van der Waals surface area contributed by atoms with Crippen LogP contribution in [0.1, 0.15) is 20.7 Å². The third-order valence-electron chi connectivity index (χ3n) is 5.04. The van der Waals surface area contributed by atoms with Gasteiger partial charge in [-0.3, -0.25) is 14.6 Å². The maximum atomic E-state index is 12.8. The Bertz CT molecular complexity index is 1010. The summed E-state index contributed by atoms with van der Waals surface area (Å²) in [5.41, 5.74) is 2.15. The minimum Gasteiger partial charge on any atom is -0.497 e. The molecule has 4 rings (SSSR count). The topological polar surface area (TPSA) is 62.7 Å². The number of amides is 2. The van der Waals surface area contributed by atoms with E-state index in [-0.39, 0.29) is 11.8 Å². The quantitative estimate of drug-likeness (QED) is 0.706. The van der Waals surface area contributed by atoms with Gasteiger partial charge in [0.1, 0.15) is 5.75 Å². The summed E-state index contributed by atoms with van der Waals surface area (Å²) in [5.74, 6) is 0.686. The Morgan fingerprint density at radius 1 is 0.857 bits per heavy atom. The van der Waals surface area contributed by atoms with E-state index in [1.807, 2.05) is 30.3 Å². The zero-order valence-corrected chi connectivity index (χ0v) is 15.7. The number of carbonyl (C=O) groups excluding carboxylic acids is 2. The van der Waals surface area contributed by atoms with Crippen molar-refractivity contribution in [2.75, 3.05) is 33.3 Å². The number of piperazine rings is 1. The van der Waals surface area contributed by atoms with Crippen LogP contribution in [0.4, 0.5) is 0 Å². The summed E-state index contributed by atoms with van der Waals surface area (Å²) in [6.45, 7) is 2.08. The lowest BCUT2D eigenvalue weighted by Gasteiger charge is -2.35. The van der Waals surface area contributed by atoms with Gasteiger partial charge >= 0.3 is 0 Å². The van der Waals surface area contributed by atoms with Crippen LogP contribution in [-0.4, -0.2) is 59.9 Å². The van der Waals surface area contributed by atoms with E-state index >= 15 is 0 Å². The van der Waals surface area contributed by atoms with Crippen molar-refractivity contribution in [1.82, 2.24) is 14.8 Å². The van der Waals surface area contributed by atoms with Crippen molar-refractivity contribution >= 4 is 22.7 Å². The molecule has 6 nitrogen and oxygen atoms in total. The van der Waals surface area contributed by atoms with Crippen LogP contribution >= 0.6 is 0 Å². The molecule has 0 saturated carbocycles. The number of methoxy groups -OCH3 is 1. The highest BCUT2D eigenvalue weighted by molar-refractivity contribution is 5.98. The van der Waals surface area contributed by atoms with Crippen LogP contribution in [0, 0.1) is 0 Å². The number of aromatic nitrogens is 1. The first kappa shape index (κ1) is 18.0. The highest BCUT2D eigenvalue weighted by Crippen LogP contribution is 2.17. The molecule has 0 aliphatic carbocycles. The predicted molar refractivity (Wildman–Crippen MR) is 107 cm³/mol. The SMILES string of the molecule is COc1ccc(C(=O)N2CCN(C(=O)c3ccc4ncccc4c3)CC2)cc1. The molecule has 0 N–H and O–H groups in total. The largest absolute Gasteiger partial charge is 0.497 e. The normalized spacial score (nSPS) is 14.2. The molecule has 1 saturated heterocycles. The van der Waals surface area contributed by atoms with E-state index in [2.05, 4.69) is 4.98 Å². The van der Waals surface area contributed by atoms with Gasteiger partial charge in [0.25, 0.3) is 11.8 Å². The Kier molecular flexibility index (Phi) is 4.93. The molecule has 1 aliphatic rings. The Balaban J connectivity index is 1.41. The van der Waals surface area contributed by atoms with Crippen molar-refractivity contribution in [2.45, 2.75) is 0 Å². The van der Waals surface area contributed by atoms with E-state index in [1.54, 1.807) is 47.4 Å². The molecule has 0 unspecified atom stereocenters. The lowest BCUT2D eigenvalue weighted by Crippen LogP contribution is -2.50. The minimum atomic E-state index is -0.0217. The maximum Gasteiger partial charge on any atom is 0.253 e. The van der Waals surface area contributed by atoms with Crippen LogP contribution < -0.4 is 4.74 Å². The third kappa shape index (κ3) is 3.53. The van der Waals surface area contributed by atoms with Crippen molar-refractivity contribution in [3.63, 3.8) is 0 Å². The molecule has 1 fully saturated rings. The molecule has 3 aromatic rings. The molecule has 0 atom stereocenters. The van der Waals surface area contributed by atoms with Crippen molar-refractivity contribution < 1.29 is 14.3 Å². The van der Waals surface area contributed by atoms with Gasteiger partial charge in [-0.05, 0) is 48.5 Å². The first-order valence-corrected chi connectivity index (χ1v) is 9.23. The van der Waals surface area contributed by atoms with Crippen LogP contribution in [0.25, 0.3) is 10.9 Å². The molecule has 1 aromatic heterocycles. The minimum absolute atomic E-state index is 0.0118. The molecular weight excluding hydrogens is 354 g/mol. The number of hydrogen-bond donors (Lipinski definition) is 0. The number of pyridine rings is 1. The molecule has 0 radical (unpaired) electrons. The smallest absolute Gasteiger partial charge is 0.253 e. The molecule has 0 bridgehead atoms. The molecule has 2 aromatic carbocycles. The van der Waals surface area contributed by atoms with Crippen LogP contribution in [-0.2, 0) is 0 Å². The number of carbonyl (C=O) groups is 2. The van der Waals surface area contributed by atoms with Crippen LogP contribution in [0.2, 0.25) is 0 Å². The molecule has 0 spiro atoms. The second-order valence-electron chi connectivity index (χ2n) is 6.72. The second-order valence-corrected chi connectivity index (χ2v) is 6.72. The first-order valence-electron chi connectivity index (χ1n) is 9.23. The predicted octanol–water partition coefficient (Wildman–Crippen LogP) is 2.84. The zero-order chi connectivity index (χ0) is 19.5. The number of hydrogen-bond acceptors (Lipinski definition) is 4. The lowest BCUT2D eigenvalue weighted by atomic mass is 10.1. The van der Waals surface area contributed by atoms with Crippen LogP contribution in [0.15, 0.2) is 60.8 Å². The van der Waals surface area contributed by atoms with E-state index in [0.717, 1.165) is 16.7 Å². The lowest BCUT2D eigenvalue weighted by molar-refractivity contribution is 0.0535. The zero-order valence-electron chi connectivity index (χ0n) is 15.7.